The van der Waals surface area contributed by atoms with Crippen molar-refractivity contribution in [3.63, 3.8) is 0 Å². The lowest BCUT2D eigenvalue weighted by molar-refractivity contribution is 0.0125. The molecule has 5 heteroatoms. The molecule has 3 nitrogen and oxygen atoms in total. The van der Waals surface area contributed by atoms with E-state index in [4.69, 9.17) is 5.11 Å². The molecule has 0 amide bonds. The van der Waals surface area contributed by atoms with Crippen molar-refractivity contribution in [3.05, 3.63) is 29.6 Å². The van der Waals surface area contributed by atoms with Gasteiger partial charge in [-0.05, 0) is 12.1 Å². The fraction of sp³-hybridized carbons (Fsp3) is 0.250. The summed E-state index contributed by atoms with van der Waals surface area (Å²) in [5, 5.41) is 8.47. The highest BCUT2D eigenvalue weighted by molar-refractivity contribution is 5.85. The fourth-order valence-corrected chi connectivity index (χ4v) is 0.798. The number of carboxylic acid groups (broad SMARTS) is 1. The van der Waals surface area contributed by atoms with E-state index in [0.29, 0.717) is 6.92 Å². The molecule has 1 heterocycles. The van der Waals surface area contributed by atoms with Gasteiger partial charge < -0.3 is 5.11 Å². The lowest BCUT2D eigenvalue weighted by Gasteiger charge is -2.08. The molecular weight excluding hydrogens is 180 g/mol. The summed E-state index contributed by atoms with van der Waals surface area (Å²) < 4.78 is 25.3. The summed E-state index contributed by atoms with van der Waals surface area (Å²) >= 11 is 0. The van der Waals surface area contributed by atoms with Crippen LogP contribution in [-0.2, 0) is 5.92 Å². The number of aromatic carboxylic acids is 1. The van der Waals surface area contributed by atoms with Crippen molar-refractivity contribution >= 4 is 5.97 Å². The molecule has 0 unspecified atom stereocenters. The number of rotatable bonds is 2. The molecule has 1 aromatic rings. The van der Waals surface area contributed by atoms with E-state index in [1.165, 1.54) is 6.07 Å². The topological polar surface area (TPSA) is 50.2 Å². The maximum atomic E-state index is 12.6. The van der Waals surface area contributed by atoms with Crippen molar-refractivity contribution in [2.24, 2.45) is 0 Å². The van der Waals surface area contributed by atoms with Crippen molar-refractivity contribution in [3.8, 4) is 0 Å². The molecule has 0 saturated carbocycles. The summed E-state index contributed by atoms with van der Waals surface area (Å²) in [6, 6.07) is 3.49. The molecule has 0 aromatic carbocycles. The zero-order valence-corrected chi connectivity index (χ0v) is 6.79. The van der Waals surface area contributed by atoms with Gasteiger partial charge in [-0.1, -0.05) is 6.07 Å². The Hall–Kier alpha value is -1.52. The number of halogens is 2. The second-order valence-corrected chi connectivity index (χ2v) is 2.60. The van der Waals surface area contributed by atoms with Crippen LogP contribution in [0, 0.1) is 0 Å². The lowest BCUT2D eigenvalue weighted by Crippen LogP contribution is -2.12. The first-order valence-corrected chi connectivity index (χ1v) is 3.50. The number of carboxylic acids is 1. The Morgan fingerprint density at radius 2 is 2.15 bits per heavy atom. The molecule has 0 aliphatic rings. The van der Waals surface area contributed by atoms with Crippen LogP contribution in [-0.4, -0.2) is 16.1 Å². The first kappa shape index (κ1) is 9.57. The largest absolute Gasteiger partial charge is 0.477 e. The molecule has 0 radical (unpaired) electrons. The molecule has 1 N–H and O–H groups in total. The smallest absolute Gasteiger partial charge is 0.354 e. The summed E-state index contributed by atoms with van der Waals surface area (Å²) in [5.74, 6) is -4.42. The molecule has 0 aliphatic heterocycles. The first-order chi connectivity index (χ1) is 5.91. The number of alkyl halides is 2. The van der Waals surface area contributed by atoms with Crippen LogP contribution in [0.1, 0.15) is 23.1 Å². The van der Waals surface area contributed by atoms with Crippen LogP contribution in [0.4, 0.5) is 8.78 Å². The quantitative estimate of drug-likeness (QED) is 0.769. The van der Waals surface area contributed by atoms with Gasteiger partial charge in [0.05, 0.1) is 0 Å². The second kappa shape index (κ2) is 3.08. The van der Waals surface area contributed by atoms with E-state index < -0.39 is 17.6 Å². The summed E-state index contributed by atoms with van der Waals surface area (Å²) in [5.41, 5.74) is -0.911. The Kier molecular flexibility index (Phi) is 2.27. The van der Waals surface area contributed by atoms with E-state index >= 15 is 0 Å². The van der Waals surface area contributed by atoms with E-state index in [1.807, 2.05) is 0 Å². The van der Waals surface area contributed by atoms with Crippen LogP contribution in [0.2, 0.25) is 0 Å². The molecular formula is C8H7F2NO2. The zero-order chi connectivity index (χ0) is 10.1. The SMILES string of the molecule is CC(F)(F)c1cccc(C(=O)O)n1. The van der Waals surface area contributed by atoms with Crippen molar-refractivity contribution in [2.45, 2.75) is 12.8 Å². The van der Waals surface area contributed by atoms with Gasteiger partial charge in [-0.3, -0.25) is 0 Å². The third-order valence-corrected chi connectivity index (χ3v) is 1.42. The number of hydrogen-bond acceptors (Lipinski definition) is 2. The van der Waals surface area contributed by atoms with Gasteiger partial charge in [0.15, 0.2) is 0 Å². The molecule has 0 aliphatic carbocycles. The highest BCUT2D eigenvalue weighted by atomic mass is 19.3. The van der Waals surface area contributed by atoms with Crippen LogP contribution in [0.15, 0.2) is 18.2 Å². The van der Waals surface area contributed by atoms with Crippen LogP contribution >= 0.6 is 0 Å². The Morgan fingerprint density at radius 1 is 1.54 bits per heavy atom. The Morgan fingerprint density at radius 3 is 2.62 bits per heavy atom. The summed E-state index contributed by atoms with van der Waals surface area (Å²) in [4.78, 5) is 13.7. The predicted octanol–water partition coefficient (Wildman–Crippen LogP) is 1.89. The third kappa shape index (κ3) is 2.21. The molecule has 0 bridgehead atoms. The van der Waals surface area contributed by atoms with E-state index in [9.17, 15) is 13.6 Å². The average Bonchev–Trinajstić information content (AvgIpc) is 2.03. The maximum absolute atomic E-state index is 12.6. The number of nitrogens with zero attached hydrogens (tertiary/aromatic N) is 1. The van der Waals surface area contributed by atoms with Crippen molar-refractivity contribution in [2.75, 3.05) is 0 Å². The summed E-state index contributed by atoms with van der Waals surface area (Å²) in [6.45, 7) is 0.668. The Labute approximate surface area is 73.0 Å². The predicted molar refractivity (Wildman–Crippen MR) is 40.8 cm³/mol. The number of aromatic nitrogens is 1. The number of carbonyl (C=O) groups is 1. The standard InChI is InChI=1S/C8H7F2NO2/c1-8(9,10)6-4-2-3-5(11-6)7(12)13/h2-4H,1H3,(H,12,13). The van der Waals surface area contributed by atoms with E-state index in [1.54, 1.807) is 0 Å². The minimum absolute atomic E-state index is 0.376. The first-order valence-electron chi connectivity index (χ1n) is 3.50. The van der Waals surface area contributed by atoms with E-state index in [2.05, 4.69) is 4.98 Å². The number of pyridine rings is 1. The third-order valence-electron chi connectivity index (χ3n) is 1.42. The minimum Gasteiger partial charge on any atom is -0.477 e. The second-order valence-electron chi connectivity index (χ2n) is 2.60. The van der Waals surface area contributed by atoms with E-state index in [-0.39, 0.29) is 5.69 Å². The summed E-state index contributed by atoms with van der Waals surface area (Å²) in [7, 11) is 0. The monoisotopic (exact) mass is 187 g/mol. The van der Waals surface area contributed by atoms with Gasteiger partial charge >= 0.3 is 5.97 Å². The van der Waals surface area contributed by atoms with Crippen molar-refractivity contribution in [1.82, 2.24) is 4.98 Å². The van der Waals surface area contributed by atoms with Crippen molar-refractivity contribution in [1.29, 1.82) is 0 Å². The normalized spacial score (nSPS) is 11.3. The van der Waals surface area contributed by atoms with Crippen LogP contribution in [0.5, 0.6) is 0 Å². The van der Waals surface area contributed by atoms with Gasteiger partial charge in [-0.15, -0.1) is 0 Å². The molecule has 70 valence electrons. The van der Waals surface area contributed by atoms with Crippen LogP contribution < -0.4 is 0 Å². The van der Waals surface area contributed by atoms with E-state index in [0.717, 1.165) is 12.1 Å². The molecule has 1 rings (SSSR count). The molecule has 1 aromatic heterocycles. The van der Waals surface area contributed by atoms with Gasteiger partial charge in [0.2, 0.25) is 0 Å². The lowest BCUT2D eigenvalue weighted by atomic mass is 10.2. The van der Waals surface area contributed by atoms with Gasteiger partial charge in [0, 0.05) is 6.92 Å². The molecule has 0 atom stereocenters. The Balaban J connectivity index is 3.13. The highest BCUT2D eigenvalue weighted by Gasteiger charge is 2.26. The molecule has 13 heavy (non-hydrogen) atoms. The fourth-order valence-electron chi connectivity index (χ4n) is 0.798. The molecule has 0 fully saturated rings. The average molecular weight is 187 g/mol. The minimum atomic E-state index is -3.11. The van der Waals surface area contributed by atoms with Crippen LogP contribution in [0.25, 0.3) is 0 Å². The van der Waals surface area contributed by atoms with Crippen molar-refractivity contribution < 1.29 is 18.7 Å². The zero-order valence-electron chi connectivity index (χ0n) is 6.79. The van der Waals surface area contributed by atoms with Gasteiger partial charge in [0.25, 0.3) is 5.92 Å². The van der Waals surface area contributed by atoms with Crippen LogP contribution in [0.3, 0.4) is 0 Å². The van der Waals surface area contributed by atoms with Gasteiger partial charge in [-0.25, -0.2) is 9.78 Å². The van der Waals surface area contributed by atoms with Gasteiger partial charge in [0.1, 0.15) is 11.4 Å². The molecule has 0 spiro atoms. The molecule has 0 saturated heterocycles. The maximum Gasteiger partial charge on any atom is 0.354 e. The summed E-state index contributed by atoms with van der Waals surface area (Å²) in [6.07, 6.45) is 0. The number of hydrogen-bond donors (Lipinski definition) is 1. The highest BCUT2D eigenvalue weighted by Crippen LogP contribution is 2.24. The van der Waals surface area contributed by atoms with Gasteiger partial charge in [-0.2, -0.15) is 8.78 Å². The Bertz CT molecular complexity index is 333.